The minimum atomic E-state index is -1.82. The first-order chi connectivity index (χ1) is 25.2. The predicted molar refractivity (Wildman–Crippen MR) is 202 cm³/mol. The summed E-state index contributed by atoms with van der Waals surface area (Å²) in [4.78, 5) is 16.7. The van der Waals surface area contributed by atoms with E-state index in [1.807, 2.05) is 34.6 Å². The van der Waals surface area contributed by atoms with Gasteiger partial charge in [-0.2, -0.15) is 0 Å². The molecule has 0 amide bonds. The maximum absolute atomic E-state index is 14.4. The van der Waals surface area contributed by atoms with Gasteiger partial charge in [0.15, 0.2) is 12.6 Å². The second-order valence-corrected chi connectivity index (χ2v) is 17.4. The second-order valence-electron chi connectivity index (χ2n) is 17.4. The average Bonchev–Trinajstić information content (AvgIpc) is 3.43. The minimum absolute atomic E-state index is 0.176. The van der Waals surface area contributed by atoms with Crippen LogP contribution in [0.15, 0.2) is 11.3 Å². The van der Waals surface area contributed by atoms with Crippen molar-refractivity contribution in [2.45, 2.75) is 206 Å². The van der Waals surface area contributed by atoms with Crippen LogP contribution in [-0.4, -0.2) is 136 Å². The molecule has 0 aromatic heterocycles. The molecule has 4 aliphatic heterocycles. The molecule has 3 saturated heterocycles. The van der Waals surface area contributed by atoms with Gasteiger partial charge >= 0.3 is 5.97 Å². The Hall–Kier alpha value is -1.39. The van der Waals surface area contributed by atoms with Gasteiger partial charge < -0.3 is 53.6 Å². The zero-order valence-corrected chi connectivity index (χ0v) is 35.2. The molecule has 0 saturated carbocycles. The zero-order valence-electron chi connectivity index (χ0n) is 35.2. The molecule has 17 atom stereocenters. The summed E-state index contributed by atoms with van der Waals surface area (Å²) in [7, 11) is 1.53. The molecule has 4 aliphatic rings. The fourth-order valence-corrected chi connectivity index (χ4v) is 9.59. The molecule has 4 N–H and O–H groups in total. The van der Waals surface area contributed by atoms with Crippen molar-refractivity contribution in [1.82, 2.24) is 4.90 Å². The first-order valence-corrected chi connectivity index (χ1v) is 20.5. The highest BCUT2D eigenvalue weighted by molar-refractivity contribution is 5.73. The van der Waals surface area contributed by atoms with Gasteiger partial charge in [-0.05, 0) is 92.8 Å². The molecule has 2 bridgehead atoms. The quantitative estimate of drug-likeness (QED) is 0.194. The maximum Gasteiger partial charge on any atom is 0.311 e. The summed E-state index contributed by atoms with van der Waals surface area (Å²) in [6.07, 6.45) is -5.31. The lowest BCUT2D eigenvalue weighted by atomic mass is 9.78. The van der Waals surface area contributed by atoms with Crippen LogP contribution in [0.2, 0.25) is 0 Å². The van der Waals surface area contributed by atoms with Crippen molar-refractivity contribution in [2.24, 2.45) is 17.8 Å². The summed E-state index contributed by atoms with van der Waals surface area (Å²) in [6, 6.07) is -0.186. The molecule has 5 unspecified atom stereocenters. The molecule has 54 heavy (non-hydrogen) atoms. The summed E-state index contributed by atoms with van der Waals surface area (Å²) < 4.78 is 45.4. The van der Waals surface area contributed by atoms with Crippen molar-refractivity contribution >= 4 is 5.97 Å². The van der Waals surface area contributed by atoms with E-state index in [-0.39, 0.29) is 25.0 Å². The Morgan fingerprint density at radius 3 is 2.20 bits per heavy atom. The Kier molecular flexibility index (Phi) is 15.1. The lowest BCUT2D eigenvalue weighted by Gasteiger charge is -2.49. The fraction of sp³-hybridized carbons (Fsp3) is 0.927. The average molecular weight is 772 g/mol. The van der Waals surface area contributed by atoms with E-state index in [0.717, 1.165) is 31.5 Å². The Labute approximate surface area is 324 Å². The number of aliphatic hydroxyl groups is 4. The highest BCUT2D eigenvalue weighted by Crippen LogP contribution is 2.48. The first kappa shape index (κ1) is 45.3. The molecule has 0 radical (unpaired) electrons. The molecule has 0 aromatic carbocycles. The molecule has 13 nitrogen and oxygen atoms in total. The van der Waals surface area contributed by atoms with Gasteiger partial charge in [-0.1, -0.05) is 34.6 Å². The van der Waals surface area contributed by atoms with Gasteiger partial charge in [0.25, 0.3) is 0 Å². The number of hydrogen-bond donors (Lipinski definition) is 4. The van der Waals surface area contributed by atoms with E-state index >= 15 is 0 Å². The van der Waals surface area contributed by atoms with Gasteiger partial charge in [-0.15, -0.1) is 0 Å². The fourth-order valence-electron chi connectivity index (χ4n) is 9.59. The van der Waals surface area contributed by atoms with E-state index in [9.17, 15) is 25.2 Å². The Bertz CT molecular complexity index is 1270. The van der Waals surface area contributed by atoms with Crippen LogP contribution in [0.25, 0.3) is 0 Å². The lowest BCUT2D eigenvalue weighted by molar-refractivity contribution is -0.317. The third kappa shape index (κ3) is 9.16. The van der Waals surface area contributed by atoms with Crippen molar-refractivity contribution in [2.75, 3.05) is 20.2 Å². The van der Waals surface area contributed by atoms with Gasteiger partial charge in [0, 0.05) is 31.9 Å². The third-order valence-corrected chi connectivity index (χ3v) is 12.8. The number of carbonyl (C=O) groups excluding carboxylic acids is 1. The van der Waals surface area contributed by atoms with E-state index in [0.29, 0.717) is 18.6 Å². The zero-order chi connectivity index (χ0) is 40.5. The smallest absolute Gasteiger partial charge is 0.311 e. The first-order valence-electron chi connectivity index (χ1n) is 20.5. The molecular formula is C41H73NO12. The van der Waals surface area contributed by atoms with Gasteiger partial charge in [-0.25, -0.2) is 0 Å². The molecule has 4 heterocycles. The van der Waals surface area contributed by atoms with E-state index in [2.05, 4.69) is 18.7 Å². The molecular weight excluding hydrogens is 698 g/mol. The van der Waals surface area contributed by atoms with Crippen molar-refractivity contribution in [3.63, 3.8) is 0 Å². The molecule has 3 fully saturated rings. The van der Waals surface area contributed by atoms with E-state index < -0.39 is 95.8 Å². The van der Waals surface area contributed by atoms with Crippen molar-refractivity contribution in [3.05, 3.63) is 11.3 Å². The highest BCUT2D eigenvalue weighted by atomic mass is 16.7. The van der Waals surface area contributed by atoms with Crippen LogP contribution < -0.4 is 0 Å². The minimum Gasteiger partial charge on any atom is -0.488 e. The molecule has 0 aromatic rings. The van der Waals surface area contributed by atoms with Gasteiger partial charge in [0.1, 0.15) is 41.4 Å². The molecule has 0 aliphatic carbocycles. The number of carbonyl (C=O) groups is 1. The number of rotatable bonds is 13. The normalized spacial score (nSPS) is 44.0. The largest absolute Gasteiger partial charge is 0.488 e. The standard InChI is InChI=1S/C41H73NO12/c1-14-17-42(18-15-2)28-19-23(5)49-38(31(28)44)53-35-25(7)33(51-30-21-39(10,48-13)34(45)27(9)50-30)26(8)37(46)52-36(41(12,47)29(43)16-3)24(6)32-22(4)20-40(35,11)54-32/h23-31,33-36,38,43-45,47H,14-21H2,1-13H3/t23?,24-,25-,26+,27?,28?,29+,30-,31?,33-,34-,35+,36+,38-,39?,40-,41+/m0/s1. The molecule has 0 spiro atoms. The second kappa shape index (κ2) is 18.0. The molecule has 4 rings (SSSR count). The molecule has 314 valence electrons. The van der Waals surface area contributed by atoms with E-state index in [1.165, 1.54) is 14.0 Å². The van der Waals surface area contributed by atoms with Crippen molar-refractivity contribution < 1.29 is 58.4 Å². The molecule has 13 heteroatoms. The Balaban J connectivity index is 1.83. The van der Waals surface area contributed by atoms with Gasteiger partial charge in [0.2, 0.25) is 0 Å². The van der Waals surface area contributed by atoms with E-state index in [4.69, 9.17) is 33.2 Å². The predicted octanol–water partition coefficient (Wildman–Crippen LogP) is 4.45. The lowest BCUT2D eigenvalue weighted by Crippen LogP contribution is -2.61. The number of nitrogens with zero attached hydrogens (tertiary/aromatic N) is 1. The maximum atomic E-state index is 14.4. The van der Waals surface area contributed by atoms with Crippen LogP contribution in [0, 0.1) is 17.8 Å². The van der Waals surface area contributed by atoms with Crippen molar-refractivity contribution in [1.29, 1.82) is 0 Å². The van der Waals surface area contributed by atoms with Crippen LogP contribution in [0.1, 0.15) is 122 Å². The number of cyclic esters (lactones) is 1. The number of fused-ring (bicyclic) bond motifs is 2. The number of methoxy groups -OCH3 is 1. The van der Waals surface area contributed by atoms with Gasteiger partial charge in [0.05, 0.1) is 41.9 Å². The van der Waals surface area contributed by atoms with Crippen LogP contribution >= 0.6 is 0 Å². The van der Waals surface area contributed by atoms with Crippen LogP contribution in [0.5, 0.6) is 0 Å². The monoisotopic (exact) mass is 772 g/mol. The topological polar surface area (TPSA) is 166 Å². The van der Waals surface area contributed by atoms with Crippen LogP contribution in [0.3, 0.4) is 0 Å². The van der Waals surface area contributed by atoms with Crippen LogP contribution in [0.4, 0.5) is 0 Å². The summed E-state index contributed by atoms with van der Waals surface area (Å²) in [5.41, 5.74) is -2.95. The summed E-state index contributed by atoms with van der Waals surface area (Å²) in [5.74, 6) is -2.25. The summed E-state index contributed by atoms with van der Waals surface area (Å²) in [6.45, 7) is 24.1. The highest BCUT2D eigenvalue weighted by Gasteiger charge is 2.57. The number of ether oxygens (including phenoxy) is 7. The van der Waals surface area contributed by atoms with Gasteiger partial charge in [-0.3, -0.25) is 9.69 Å². The number of hydrogen-bond acceptors (Lipinski definition) is 13. The number of aliphatic hydroxyl groups excluding tert-OH is 3. The third-order valence-electron chi connectivity index (χ3n) is 12.8. The van der Waals surface area contributed by atoms with Crippen molar-refractivity contribution in [3.8, 4) is 0 Å². The Morgan fingerprint density at radius 2 is 1.63 bits per heavy atom. The summed E-state index contributed by atoms with van der Waals surface area (Å²) >= 11 is 0. The summed E-state index contributed by atoms with van der Waals surface area (Å²) in [5, 5.41) is 45.8. The Morgan fingerprint density at radius 1 is 1.00 bits per heavy atom. The van der Waals surface area contributed by atoms with Crippen LogP contribution in [-0.2, 0) is 38.0 Å². The number of esters is 1. The SMILES string of the molecule is CCCN(CCC)C1CC(C)O[C@@H](O[C@@H]2[C@@H](C)[C@H](O[C@H]3CC(C)(OC)[C@@H](O)C(C)O3)[C@@H](C)C(=O)O[C@@H]([C@](C)(O)[C@H](O)CC)[C@@H](C)C3=C(C)C[C@]2(C)O3)C1O. The van der Waals surface area contributed by atoms with E-state index in [1.54, 1.807) is 27.7 Å².